The summed E-state index contributed by atoms with van der Waals surface area (Å²) in [5, 5.41) is 5.57. The Balaban J connectivity index is 0.00000201. The van der Waals surface area contributed by atoms with Crippen molar-refractivity contribution in [3.05, 3.63) is 89.5 Å². The highest BCUT2D eigenvalue weighted by atomic mass is 19.4. The van der Waals surface area contributed by atoms with Gasteiger partial charge in [0, 0.05) is 37.0 Å². The number of hydrogen-bond acceptors (Lipinski definition) is 6. The Morgan fingerprint density at radius 2 is 1.66 bits per heavy atom. The highest BCUT2D eigenvalue weighted by Crippen LogP contribution is 2.27. The second-order valence-corrected chi connectivity index (χ2v) is 8.30. The topological polar surface area (TPSA) is 114 Å². The predicted molar refractivity (Wildman–Crippen MR) is 152 cm³/mol. The third kappa shape index (κ3) is 12.3. The van der Waals surface area contributed by atoms with E-state index in [1.54, 1.807) is 24.3 Å². The van der Waals surface area contributed by atoms with E-state index in [2.05, 4.69) is 15.6 Å². The zero-order valence-corrected chi connectivity index (χ0v) is 22.7. The van der Waals surface area contributed by atoms with Crippen LogP contribution in [0.3, 0.4) is 0 Å². The number of alkyl halides is 3. The van der Waals surface area contributed by atoms with Gasteiger partial charge >= 0.3 is 6.18 Å². The number of rotatable bonds is 10. The molecule has 0 saturated carbocycles. The first-order valence-corrected chi connectivity index (χ1v) is 12.3. The lowest BCUT2D eigenvalue weighted by molar-refractivity contribution is -0.127. The lowest BCUT2D eigenvalue weighted by Crippen LogP contribution is -2.33. The number of hydrogen-bond donors (Lipinski definition) is 2. The van der Waals surface area contributed by atoms with Gasteiger partial charge in [0.2, 0.25) is 11.8 Å². The summed E-state index contributed by atoms with van der Waals surface area (Å²) in [6, 6.07) is 20.1. The molecule has 0 aliphatic heterocycles. The van der Waals surface area contributed by atoms with Crippen LogP contribution in [-0.4, -0.2) is 50.9 Å². The molecule has 3 aromatic carbocycles. The molecule has 1 atom stereocenters. The Hall–Kier alpha value is -4.80. The minimum Gasteiger partial charge on any atom is -0.493 e. The molecule has 3 aromatic rings. The summed E-state index contributed by atoms with van der Waals surface area (Å²) in [6.45, 7) is 7.70. The highest BCUT2D eigenvalue weighted by Gasteiger charge is 2.27. The number of halogens is 3. The Bertz CT molecular complexity index is 1280. The van der Waals surface area contributed by atoms with Crippen molar-refractivity contribution in [1.29, 1.82) is 0 Å². The predicted octanol–water partition coefficient (Wildman–Crippen LogP) is 5.43. The maximum absolute atomic E-state index is 13.1. The number of carbonyl (C=O) groups is 4. The van der Waals surface area contributed by atoms with E-state index in [0.717, 1.165) is 5.56 Å². The molecule has 11 heteroatoms. The Morgan fingerprint density at radius 1 is 0.976 bits per heavy atom. The van der Waals surface area contributed by atoms with Crippen molar-refractivity contribution in [2.45, 2.75) is 32.4 Å². The van der Waals surface area contributed by atoms with E-state index >= 15 is 0 Å². The number of amides is 2. The van der Waals surface area contributed by atoms with E-state index in [1.807, 2.05) is 50.8 Å². The number of carbonyl (C=O) groups excluding carboxylic acids is 4. The van der Waals surface area contributed by atoms with Crippen LogP contribution in [0, 0.1) is 0 Å². The standard InChI is InChI=1S/C28H28F3N3O3.2CH2O/c1-3-37-26-15-24(34-27(36)25(18-32-19(2)35)21-9-5-4-6-10-21)13-12-22(26)17-33-23-11-7-8-20(14-23)16-28(29,30)31;2*1-2/h4-15,17,25H,3,16,18H2,1-2H3,(H,32,35)(H,34,36);2*1H2. The first-order chi connectivity index (χ1) is 19.6. The molecule has 8 nitrogen and oxygen atoms in total. The number of benzene rings is 3. The fourth-order valence-corrected chi connectivity index (χ4v) is 3.64. The fourth-order valence-electron chi connectivity index (χ4n) is 3.64. The smallest absolute Gasteiger partial charge is 0.393 e. The lowest BCUT2D eigenvalue weighted by atomic mass is 9.98. The molecule has 0 saturated heterocycles. The number of anilines is 1. The van der Waals surface area contributed by atoms with E-state index in [9.17, 15) is 22.8 Å². The van der Waals surface area contributed by atoms with Crippen molar-refractivity contribution in [3.8, 4) is 5.75 Å². The van der Waals surface area contributed by atoms with Gasteiger partial charge in [0.15, 0.2) is 0 Å². The van der Waals surface area contributed by atoms with Gasteiger partial charge in [0.1, 0.15) is 19.3 Å². The maximum Gasteiger partial charge on any atom is 0.393 e. The average molecular weight is 572 g/mol. The van der Waals surface area contributed by atoms with E-state index < -0.39 is 18.5 Å². The zero-order valence-electron chi connectivity index (χ0n) is 22.7. The number of nitrogens with zero attached hydrogens (tertiary/aromatic N) is 1. The minimum absolute atomic E-state index is 0.123. The van der Waals surface area contributed by atoms with Crippen molar-refractivity contribution < 1.29 is 37.1 Å². The molecule has 1 unspecified atom stereocenters. The summed E-state index contributed by atoms with van der Waals surface area (Å²) in [6.07, 6.45) is -3.82. The van der Waals surface area contributed by atoms with E-state index in [4.69, 9.17) is 14.3 Å². The molecule has 3 rings (SSSR count). The summed E-state index contributed by atoms with van der Waals surface area (Å²) >= 11 is 0. The van der Waals surface area contributed by atoms with Crippen LogP contribution < -0.4 is 15.4 Å². The van der Waals surface area contributed by atoms with Crippen molar-refractivity contribution >= 4 is 43.0 Å². The Labute approximate surface area is 236 Å². The SMILES string of the molecule is C=O.C=O.CCOc1cc(NC(=O)C(CNC(C)=O)c2ccccc2)ccc1C=Nc1cccc(CC(F)(F)F)c1. The lowest BCUT2D eigenvalue weighted by Gasteiger charge is -2.18. The van der Waals surface area contributed by atoms with Gasteiger partial charge < -0.3 is 25.0 Å². The van der Waals surface area contributed by atoms with Gasteiger partial charge in [-0.1, -0.05) is 42.5 Å². The van der Waals surface area contributed by atoms with Gasteiger partial charge in [0.05, 0.1) is 24.6 Å². The number of nitrogens with one attached hydrogen (secondary N) is 2. The molecule has 2 amide bonds. The number of ether oxygens (including phenoxy) is 1. The van der Waals surface area contributed by atoms with Crippen LogP contribution in [-0.2, 0) is 25.6 Å². The van der Waals surface area contributed by atoms with E-state index in [1.165, 1.54) is 31.3 Å². The molecule has 0 heterocycles. The molecule has 41 heavy (non-hydrogen) atoms. The molecule has 0 aliphatic carbocycles. The molecule has 0 aromatic heterocycles. The van der Waals surface area contributed by atoms with Crippen molar-refractivity contribution in [3.63, 3.8) is 0 Å². The summed E-state index contributed by atoms with van der Waals surface area (Å²) in [7, 11) is 0. The van der Waals surface area contributed by atoms with Crippen LogP contribution in [0.2, 0.25) is 0 Å². The normalized spacial score (nSPS) is 11.2. The summed E-state index contributed by atoms with van der Waals surface area (Å²) in [5.74, 6) is -0.690. The average Bonchev–Trinajstić information content (AvgIpc) is 2.95. The third-order valence-electron chi connectivity index (χ3n) is 5.32. The van der Waals surface area contributed by atoms with Gasteiger partial charge in [-0.05, 0) is 42.3 Å². The van der Waals surface area contributed by atoms with E-state index in [0.29, 0.717) is 29.3 Å². The van der Waals surface area contributed by atoms with Gasteiger partial charge in [0.25, 0.3) is 0 Å². The molecule has 0 fully saturated rings. The van der Waals surface area contributed by atoms with Crippen LogP contribution in [0.1, 0.15) is 36.5 Å². The molecule has 218 valence electrons. The Kier molecular flexibility index (Phi) is 14.8. The summed E-state index contributed by atoms with van der Waals surface area (Å²) in [5.41, 5.74) is 2.35. The fraction of sp³-hybridized carbons (Fsp3) is 0.233. The molecule has 0 spiro atoms. The third-order valence-corrected chi connectivity index (χ3v) is 5.32. The zero-order chi connectivity index (χ0) is 30.8. The Morgan fingerprint density at radius 3 is 2.27 bits per heavy atom. The van der Waals surface area contributed by atoms with Gasteiger partial charge in [-0.15, -0.1) is 0 Å². The molecule has 2 N–H and O–H groups in total. The van der Waals surface area contributed by atoms with Gasteiger partial charge in [-0.25, -0.2) is 0 Å². The second-order valence-electron chi connectivity index (χ2n) is 8.30. The summed E-state index contributed by atoms with van der Waals surface area (Å²) < 4.78 is 43.8. The maximum atomic E-state index is 13.1. The van der Waals surface area contributed by atoms with Crippen LogP contribution in [0.15, 0.2) is 77.8 Å². The number of aliphatic imine (C=N–C) groups is 1. The summed E-state index contributed by atoms with van der Waals surface area (Å²) in [4.78, 5) is 44.9. The van der Waals surface area contributed by atoms with Gasteiger partial charge in [-0.3, -0.25) is 14.6 Å². The van der Waals surface area contributed by atoms with Crippen LogP contribution >= 0.6 is 0 Å². The second kappa shape index (κ2) is 17.7. The molecule has 0 radical (unpaired) electrons. The molecular weight excluding hydrogens is 539 g/mol. The van der Waals surface area contributed by atoms with Crippen LogP contribution in [0.4, 0.5) is 24.5 Å². The minimum atomic E-state index is -4.30. The van der Waals surface area contributed by atoms with Crippen molar-refractivity contribution in [2.75, 3.05) is 18.5 Å². The first kappa shape index (κ1) is 34.2. The largest absolute Gasteiger partial charge is 0.493 e. The monoisotopic (exact) mass is 571 g/mol. The molecule has 0 aliphatic rings. The van der Waals surface area contributed by atoms with E-state index in [-0.39, 0.29) is 23.9 Å². The quantitative estimate of drug-likeness (QED) is 0.315. The van der Waals surface area contributed by atoms with Crippen molar-refractivity contribution in [2.24, 2.45) is 4.99 Å². The molecular formula is C30H32F3N3O5. The van der Waals surface area contributed by atoms with Crippen LogP contribution in [0.25, 0.3) is 0 Å². The highest BCUT2D eigenvalue weighted by molar-refractivity contribution is 5.97. The molecule has 0 bridgehead atoms. The first-order valence-electron chi connectivity index (χ1n) is 12.3. The van der Waals surface area contributed by atoms with Gasteiger partial charge in [-0.2, -0.15) is 13.2 Å². The van der Waals surface area contributed by atoms with Crippen molar-refractivity contribution in [1.82, 2.24) is 5.32 Å². The van der Waals surface area contributed by atoms with Crippen LogP contribution in [0.5, 0.6) is 5.75 Å².